The zero-order valence-corrected chi connectivity index (χ0v) is 14.0. The van der Waals surface area contributed by atoms with Crippen LogP contribution in [0.2, 0.25) is 18.1 Å². The highest BCUT2D eigenvalue weighted by atomic mass is 28.4. The predicted octanol–water partition coefficient (Wildman–Crippen LogP) is 2.60. The van der Waals surface area contributed by atoms with Gasteiger partial charge in [-0.15, -0.1) is 0 Å². The predicted molar refractivity (Wildman–Crippen MR) is 75.9 cm³/mol. The van der Waals surface area contributed by atoms with Crippen molar-refractivity contribution in [1.29, 1.82) is 10.5 Å². The number of rotatable bonds is 3. The van der Waals surface area contributed by atoms with Crippen LogP contribution < -0.4 is 0 Å². The number of hydrogen-bond donors (Lipinski definition) is 0. The average molecular weight is 294 g/mol. The molecule has 0 radical (unpaired) electrons. The largest absolute Gasteiger partial charge is 0.469 e. The standard InChI is InChI=1S/C14H22N2O3Si/c1-13(2,3)20(5,6)19-11-7-10(12(17)18-4)14(11,8-15)9-16/h10-11H,7H2,1-6H3. The van der Waals surface area contributed by atoms with Crippen LogP contribution in [0.1, 0.15) is 27.2 Å². The van der Waals surface area contributed by atoms with Crippen LogP contribution in [-0.4, -0.2) is 27.5 Å². The van der Waals surface area contributed by atoms with E-state index in [1.54, 1.807) is 0 Å². The molecular formula is C14H22N2O3Si. The quantitative estimate of drug-likeness (QED) is 0.590. The van der Waals surface area contributed by atoms with Gasteiger partial charge in [0.2, 0.25) is 0 Å². The van der Waals surface area contributed by atoms with Gasteiger partial charge in [0.25, 0.3) is 0 Å². The summed E-state index contributed by atoms with van der Waals surface area (Å²) in [6, 6.07) is 3.98. The first-order valence-electron chi connectivity index (χ1n) is 6.64. The van der Waals surface area contributed by atoms with Crippen molar-refractivity contribution in [2.75, 3.05) is 7.11 Å². The third-order valence-corrected chi connectivity index (χ3v) is 9.09. The van der Waals surface area contributed by atoms with Gasteiger partial charge in [-0.05, 0) is 24.6 Å². The van der Waals surface area contributed by atoms with Gasteiger partial charge in [0.1, 0.15) is 0 Å². The zero-order valence-electron chi connectivity index (χ0n) is 13.0. The van der Waals surface area contributed by atoms with Gasteiger partial charge in [0.05, 0.1) is 31.3 Å². The number of nitrogens with zero attached hydrogens (tertiary/aromatic N) is 2. The van der Waals surface area contributed by atoms with E-state index >= 15 is 0 Å². The van der Waals surface area contributed by atoms with Crippen molar-refractivity contribution in [2.24, 2.45) is 11.3 Å². The number of methoxy groups -OCH3 is 1. The second-order valence-electron chi connectivity index (χ2n) is 6.77. The molecule has 2 unspecified atom stereocenters. The molecule has 1 rings (SSSR count). The molecule has 2 atom stereocenters. The summed E-state index contributed by atoms with van der Waals surface area (Å²) in [5, 5.41) is 18.7. The molecule has 0 saturated heterocycles. The molecule has 0 aromatic carbocycles. The Hall–Kier alpha value is -1.37. The smallest absolute Gasteiger partial charge is 0.311 e. The molecule has 0 N–H and O–H groups in total. The molecular weight excluding hydrogens is 272 g/mol. The summed E-state index contributed by atoms with van der Waals surface area (Å²) in [6.07, 6.45) is -0.136. The molecule has 1 saturated carbocycles. The van der Waals surface area contributed by atoms with Crippen molar-refractivity contribution in [1.82, 2.24) is 0 Å². The minimum Gasteiger partial charge on any atom is -0.469 e. The molecule has 0 aromatic rings. The first-order valence-corrected chi connectivity index (χ1v) is 9.54. The highest BCUT2D eigenvalue weighted by Gasteiger charge is 2.63. The topological polar surface area (TPSA) is 83.1 Å². The van der Waals surface area contributed by atoms with Gasteiger partial charge < -0.3 is 9.16 Å². The maximum atomic E-state index is 11.7. The molecule has 0 aliphatic heterocycles. The van der Waals surface area contributed by atoms with Crippen LogP contribution in [0.5, 0.6) is 0 Å². The second kappa shape index (κ2) is 5.20. The molecule has 1 aliphatic rings. The molecule has 0 heterocycles. The van der Waals surface area contributed by atoms with E-state index < -0.39 is 31.7 Å². The normalized spacial score (nSPS) is 25.0. The Morgan fingerprint density at radius 2 is 1.80 bits per heavy atom. The van der Waals surface area contributed by atoms with Crippen molar-refractivity contribution >= 4 is 14.3 Å². The van der Waals surface area contributed by atoms with E-state index in [9.17, 15) is 15.3 Å². The van der Waals surface area contributed by atoms with Gasteiger partial charge in [-0.3, -0.25) is 4.79 Å². The van der Waals surface area contributed by atoms with Crippen molar-refractivity contribution < 1.29 is 14.0 Å². The van der Waals surface area contributed by atoms with Crippen molar-refractivity contribution in [3.05, 3.63) is 0 Å². The fraction of sp³-hybridized carbons (Fsp3) is 0.786. The average Bonchev–Trinajstić information content (AvgIpc) is 2.33. The van der Waals surface area contributed by atoms with Crippen LogP contribution in [0.15, 0.2) is 0 Å². The molecule has 0 aromatic heterocycles. The van der Waals surface area contributed by atoms with Gasteiger partial charge >= 0.3 is 5.97 Å². The number of carbonyl (C=O) groups is 1. The number of carbonyl (C=O) groups excluding carboxylic acids is 1. The van der Waals surface area contributed by atoms with Crippen molar-refractivity contribution in [2.45, 2.75) is 51.4 Å². The summed E-state index contributed by atoms with van der Waals surface area (Å²) in [5.74, 6) is -1.22. The van der Waals surface area contributed by atoms with Gasteiger partial charge in [0.15, 0.2) is 13.7 Å². The summed E-state index contributed by atoms with van der Waals surface area (Å²) >= 11 is 0. The molecule has 1 aliphatic carbocycles. The van der Waals surface area contributed by atoms with E-state index in [0.29, 0.717) is 6.42 Å². The van der Waals surface area contributed by atoms with E-state index in [1.165, 1.54) is 7.11 Å². The van der Waals surface area contributed by atoms with Crippen LogP contribution in [-0.2, 0) is 14.0 Å². The van der Waals surface area contributed by atoms with E-state index in [4.69, 9.17) is 4.43 Å². The maximum absolute atomic E-state index is 11.7. The zero-order chi connectivity index (χ0) is 15.8. The molecule has 5 nitrogen and oxygen atoms in total. The van der Waals surface area contributed by atoms with Gasteiger partial charge in [0, 0.05) is 0 Å². The van der Waals surface area contributed by atoms with Crippen molar-refractivity contribution in [3.63, 3.8) is 0 Å². The molecule has 110 valence electrons. The lowest BCUT2D eigenvalue weighted by Crippen LogP contribution is -2.60. The highest BCUT2D eigenvalue weighted by Crippen LogP contribution is 2.51. The van der Waals surface area contributed by atoms with E-state index in [0.717, 1.165) is 0 Å². The fourth-order valence-electron chi connectivity index (χ4n) is 2.07. The number of hydrogen-bond acceptors (Lipinski definition) is 5. The Labute approximate surface area is 121 Å². The summed E-state index contributed by atoms with van der Waals surface area (Å²) in [4.78, 5) is 11.7. The van der Waals surface area contributed by atoms with Crippen LogP contribution >= 0.6 is 0 Å². The molecule has 0 amide bonds. The number of ether oxygens (including phenoxy) is 1. The minimum atomic E-state index is -2.09. The highest BCUT2D eigenvalue weighted by molar-refractivity contribution is 6.74. The summed E-state index contributed by atoms with van der Waals surface area (Å²) in [6.45, 7) is 10.4. The summed E-state index contributed by atoms with van der Waals surface area (Å²) < 4.78 is 10.8. The molecule has 1 fully saturated rings. The summed E-state index contributed by atoms with van der Waals surface area (Å²) in [7, 11) is -0.820. The lowest BCUT2D eigenvalue weighted by atomic mass is 9.59. The van der Waals surface area contributed by atoms with Gasteiger partial charge in [-0.25, -0.2) is 0 Å². The van der Waals surface area contributed by atoms with E-state index in [-0.39, 0.29) is 5.04 Å². The first kappa shape index (κ1) is 16.7. The minimum absolute atomic E-state index is 0.0139. The maximum Gasteiger partial charge on any atom is 0.311 e. The number of esters is 1. The second-order valence-corrected chi connectivity index (χ2v) is 11.5. The fourth-order valence-corrected chi connectivity index (χ4v) is 3.42. The van der Waals surface area contributed by atoms with E-state index in [1.807, 2.05) is 12.1 Å². The molecule has 0 bridgehead atoms. The van der Waals surface area contributed by atoms with E-state index in [2.05, 4.69) is 38.6 Å². The van der Waals surface area contributed by atoms with Gasteiger partial charge in [-0.2, -0.15) is 10.5 Å². The van der Waals surface area contributed by atoms with Gasteiger partial charge in [-0.1, -0.05) is 20.8 Å². The lowest BCUT2D eigenvalue weighted by molar-refractivity contribution is -0.161. The molecule has 0 spiro atoms. The monoisotopic (exact) mass is 294 g/mol. The Balaban J connectivity index is 2.99. The Bertz CT molecular complexity index is 468. The first-order chi connectivity index (χ1) is 9.05. The van der Waals surface area contributed by atoms with Crippen LogP contribution in [0.4, 0.5) is 0 Å². The Kier molecular flexibility index (Phi) is 4.33. The SMILES string of the molecule is COC(=O)C1CC(O[Si](C)(C)C(C)(C)C)C1(C#N)C#N. The van der Waals surface area contributed by atoms with Crippen LogP contribution in [0.25, 0.3) is 0 Å². The molecule has 6 heteroatoms. The van der Waals surface area contributed by atoms with Crippen LogP contribution in [0.3, 0.4) is 0 Å². The van der Waals surface area contributed by atoms with Crippen molar-refractivity contribution in [3.8, 4) is 12.1 Å². The molecule has 20 heavy (non-hydrogen) atoms. The third-order valence-electron chi connectivity index (χ3n) is 4.61. The Morgan fingerprint density at radius 3 is 2.15 bits per heavy atom. The summed E-state index contributed by atoms with van der Waals surface area (Å²) in [5.41, 5.74) is -1.41. The Morgan fingerprint density at radius 1 is 1.30 bits per heavy atom. The lowest BCUT2D eigenvalue weighted by Gasteiger charge is -2.50. The third kappa shape index (κ3) is 2.46. The van der Waals surface area contributed by atoms with Crippen LogP contribution in [0, 0.1) is 34.0 Å². The number of nitriles is 2.